The summed E-state index contributed by atoms with van der Waals surface area (Å²) in [6.45, 7) is 9.17. The normalized spacial score (nSPS) is 15.9. The Labute approximate surface area is 158 Å². The van der Waals surface area contributed by atoms with Crippen LogP contribution in [-0.4, -0.2) is 42.2 Å². The molecule has 0 bridgehead atoms. The number of hydrogen-bond acceptors (Lipinski definition) is 6. The van der Waals surface area contributed by atoms with Crippen molar-refractivity contribution in [2.45, 2.75) is 33.2 Å². The van der Waals surface area contributed by atoms with E-state index in [9.17, 15) is 4.79 Å². The van der Waals surface area contributed by atoms with Crippen LogP contribution in [0.3, 0.4) is 0 Å². The molecule has 0 saturated carbocycles. The molecule has 1 aliphatic heterocycles. The van der Waals surface area contributed by atoms with E-state index in [1.807, 2.05) is 18.4 Å². The van der Waals surface area contributed by atoms with Crippen molar-refractivity contribution in [1.82, 2.24) is 15.3 Å². The minimum absolute atomic E-state index is 0.00822. The molecule has 2 aromatic heterocycles. The summed E-state index contributed by atoms with van der Waals surface area (Å²) in [6.07, 6.45) is 2.35. The van der Waals surface area contributed by atoms with Gasteiger partial charge in [0.2, 0.25) is 5.95 Å². The number of carbonyl (C=O) groups excluding carboxylic acids is 1. The topological polar surface area (TPSA) is 67.3 Å². The predicted octanol–water partition coefficient (Wildman–Crippen LogP) is 3.06. The maximum absolute atomic E-state index is 12.9. The molecular formula is C19H26N4O2S. The Hall–Kier alpha value is -1.99. The smallest absolute Gasteiger partial charge is 0.255 e. The number of nitrogens with one attached hydrogen (secondary N) is 1. The first kappa shape index (κ1) is 18.8. The van der Waals surface area contributed by atoms with Gasteiger partial charge in [0.1, 0.15) is 0 Å². The minimum Gasteiger partial charge on any atom is -0.378 e. The van der Waals surface area contributed by atoms with Crippen molar-refractivity contribution in [3.05, 3.63) is 39.8 Å². The average molecular weight is 375 g/mol. The fourth-order valence-corrected chi connectivity index (χ4v) is 3.98. The van der Waals surface area contributed by atoms with Gasteiger partial charge < -0.3 is 15.0 Å². The van der Waals surface area contributed by atoms with E-state index < -0.39 is 0 Å². The summed E-state index contributed by atoms with van der Waals surface area (Å²) >= 11 is 1.66. The van der Waals surface area contributed by atoms with Crippen LogP contribution < -0.4 is 10.2 Å². The van der Waals surface area contributed by atoms with Crippen molar-refractivity contribution in [3.8, 4) is 0 Å². The molecule has 140 valence electrons. The van der Waals surface area contributed by atoms with Crippen molar-refractivity contribution < 1.29 is 9.53 Å². The van der Waals surface area contributed by atoms with Gasteiger partial charge in [-0.3, -0.25) is 4.79 Å². The number of anilines is 1. The van der Waals surface area contributed by atoms with Gasteiger partial charge in [-0.15, -0.1) is 11.3 Å². The summed E-state index contributed by atoms with van der Waals surface area (Å²) < 4.78 is 5.38. The summed E-state index contributed by atoms with van der Waals surface area (Å²) in [4.78, 5) is 25.3. The first-order valence-corrected chi connectivity index (χ1v) is 10.0. The maximum atomic E-state index is 12.9. The number of aromatic nitrogens is 2. The Morgan fingerprint density at radius 2 is 2.15 bits per heavy atom. The third-order valence-electron chi connectivity index (χ3n) is 4.53. The highest BCUT2D eigenvalue weighted by molar-refractivity contribution is 7.10. The second kappa shape index (κ2) is 8.60. The SMILES string of the molecule is CCc1nc(N2CCOCC2)ncc1C(=O)N[C@@H](c1cccs1)C(C)C. The number of rotatable bonds is 6. The molecule has 0 spiro atoms. The maximum Gasteiger partial charge on any atom is 0.255 e. The lowest BCUT2D eigenvalue weighted by Gasteiger charge is -2.27. The summed E-state index contributed by atoms with van der Waals surface area (Å²) in [5.74, 6) is 0.874. The zero-order chi connectivity index (χ0) is 18.5. The van der Waals surface area contributed by atoms with Gasteiger partial charge in [0.25, 0.3) is 5.91 Å². The average Bonchev–Trinajstić information content (AvgIpc) is 3.20. The van der Waals surface area contributed by atoms with Gasteiger partial charge in [-0.25, -0.2) is 9.97 Å². The Bertz CT molecular complexity index is 727. The summed E-state index contributed by atoms with van der Waals surface area (Å²) in [6, 6.07) is 4.07. The Kier molecular flexibility index (Phi) is 6.21. The van der Waals surface area contributed by atoms with Gasteiger partial charge in [-0.05, 0) is 23.8 Å². The number of carbonyl (C=O) groups is 1. The van der Waals surface area contributed by atoms with E-state index in [-0.39, 0.29) is 11.9 Å². The first-order valence-electron chi connectivity index (χ1n) is 9.13. The fourth-order valence-electron chi connectivity index (χ4n) is 3.04. The van der Waals surface area contributed by atoms with Crippen molar-refractivity contribution in [3.63, 3.8) is 0 Å². The molecule has 1 saturated heterocycles. The van der Waals surface area contributed by atoms with Crippen molar-refractivity contribution >= 4 is 23.2 Å². The zero-order valence-corrected chi connectivity index (χ0v) is 16.4. The van der Waals surface area contributed by atoms with Crippen LogP contribution in [0.4, 0.5) is 5.95 Å². The van der Waals surface area contributed by atoms with Gasteiger partial charge >= 0.3 is 0 Å². The summed E-state index contributed by atoms with van der Waals surface area (Å²) in [5.41, 5.74) is 1.35. The molecule has 1 fully saturated rings. The van der Waals surface area contributed by atoms with Crippen LogP contribution in [0.1, 0.15) is 47.7 Å². The molecule has 0 radical (unpaired) electrons. The lowest BCUT2D eigenvalue weighted by atomic mass is 10.0. The molecule has 3 rings (SSSR count). The summed E-state index contributed by atoms with van der Waals surface area (Å²) in [5, 5.41) is 5.20. The first-order chi connectivity index (χ1) is 12.6. The molecule has 2 aromatic rings. The van der Waals surface area contributed by atoms with E-state index in [4.69, 9.17) is 4.74 Å². The zero-order valence-electron chi connectivity index (χ0n) is 15.6. The number of nitrogens with zero attached hydrogens (tertiary/aromatic N) is 3. The third kappa shape index (κ3) is 4.22. The Morgan fingerprint density at radius 3 is 2.77 bits per heavy atom. The van der Waals surface area contributed by atoms with Crippen LogP contribution in [0.2, 0.25) is 0 Å². The summed E-state index contributed by atoms with van der Waals surface area (Å²) in [7, 11) is 0. The van der Waals surface area contributed by atoms with Crippen LogP contribution in [0.15, 0.2) is 23.7 Å². The molecule has 0 aromatic carbocycles. The number of thiophene rings is 1. The third-order valence-corrected chi connectivity index (χ3v) is 5.49. The highest BCUT2D eigenvalue weighted by Crippen LogP contribution is 2.26. The monoisotopic (exact) mass is 374 g/mol. The second-order valence-electron chi connectivity index (χ2n) is 6.69. The Balaban J connectivity index is 1.79. The van der Waals surface area contributed by atoms with Gasteiger partial charge in [-0.2, -0.15) is 0 Å². The molecule has 6 nitrogen and oxygen atoms in total. The van der Waals surface area contributed by atoms with Gasteiger partial charge in [0, 0.05) is 24.2 Å². The van der Waals surface area contributed by atoms with Crippen molar-refractivity contribution in [1.29, 1.82) is 0 Å². The van der Waals surface area contributed by atoms with E-state index in [0.717, 1.165) is 23.7 Å². The van der Waals surface area contributed by atoms with Gasteiger partial charge in [-0.1, -0.05) is 26.8 Å². The molecule has 1 aliphatic rings. The fraction of sp³-hybridized carbons (Fsp3) is 0.526. The quantitative estimate of drug-likeness (QED) is 0.842. The number of aryl methyl sites for hydroxylation is 1. The predicted molar refractivity (Wildman–Crippen MR) is 104 cm³/mol. The highest BCUT2D eigenvalue weighted by Gasteiger charge is 2.23. The Morgan fingerprint density at radius 1 is 1.38 bits per heavy atom. The molecule has 0 aliphatic carbocycles. The van der Waals surface area contributed by atoms with Gasteiger partial charge in [0.05, 0.1) is 30.5 Å². The van der Waals surface area contributed by atoms with Crippen LogP contribution in [0.25, 0.3) is 0 Å². The molecule has 7 heteroatoms. The molecule has 0 unspecified atom stereocenters. The van der Waals surface area contributed by atoms with Crippen molar-refractivity contribution in [2.24, 2.45) is 5.92 Å². The van der Waals surface area contributed by atoms with Gasteiger partial charge in [0.15, 0.2) is 0 Å². The lowest BCUT2D eigenvalue weighted by molar-refractivity contribution is 0.0924. The molecule has 1 amide bonds. The second-order valence-corrected chi connectivity index (χ2v) is 7.67. The molecular weight excluding hydrogens is 348 g/mol. The van der Waals surface area contributed by atoms with E-state index in [1.165, 1.54) is 0 Å². The molecule has 1 N–H and O–H groups in total. The number of amides is 1. The number of morpholine rings is 1. The van der Waals surface area contributed by atoms with Crippen molar-refractivity contribution in [2.75, 3.05) is 31.2 Å². The number of hydrogen-bond donors (Lipinski definition) is 1. The number of ether oxygens (including phenoxy) is 1. The minimum atomic E-state index is -0.109. The van der Waals surface area contributed by atoms with E-state index in [1.54, 1.807) is 17.5 Å². The van der Waals surface area contributed by atoms with Crippen LogP contribution in [0, 0.1) is 5.92 Å². The molecule has 3 heterocycles. The molecule has 1 atom stereocenters. The van der Waals surface area contributed by atoms with Crippen LogP contribution in [0.5, 0.6) is 0 Å². The largest absolute Gasteiger partial charge is 0.378 e. The van der Waals surface area contributed by atoms with Crippen LogP contribution in [-0.2, 0) is 11.2 Å². The standard InChI is InChI=1S/C19H26N4O2S/c1-4-15-14(12-20-19(21-15)23-7-9-25-10-8-23)18(24)22-17(13(2)3)16-6-5-11-26-16/h5-6,11-13,17H,4,7-10H2,1-3H3,(H,22,24)/t17-/m1/s1. The molecule has 26 heavy (non-hydrogen) atoms. The van der Waals surface area contributed by atoms with E-state index >= 15 is 0 Å². The van der Waals surface area contributed by atoms with E-state index in [0.29, 0.717) is 37.1 Å². The lowest BCUT2D eigenvalue weighted by Crippen LogP contribution is -2.38. The van der Waals surface area contributed by atoms with Crippen LogP contribution >= 0.6 is 11.3 Å². The van der Waals surface area contributed by atoms with E-state index in [2.05, 4.69) is 40.1 Å². The highest BCUT2D eigenvalue weighted by atomic mass is 32.1.